The van der Waals surface area contributed by atoms with Gasteiger partial charge in [-0.3, -0.25) is 9.59 Å². The van der Waals surface area contributed by atoms with E-state index in [-0.39, 0.29) is 23.1 Å². The van der Waals surface area contributed by atoms with E-state index in [1.54, 1.807) is 7.11 Å². The molecular formula is C24H36N2O3. The van der Waals surface area contributed by atoms with Crippen molar-refractivity contribution in [3.63, 3.8) is 0 Å². The molecule has 1 aromatic carbocycles. The van der Waals surface area contributed by atoms with Crippen LogP contribution in [-0.4, -0.2) is 54.9 Å². The third-order valence-electron chi connectivity index (χ3n) is 6.31. The van der Waals surface area contributed by atoms with Crippen LogP contribution in [0, 0.1) is 17.3 Å². The number of hydrogen-bond donors (Lipinski definition) is 0. The van der Waals surface area contributed by atoms with Crippen LogP contribution in [-0.2, 0) is 16.0 Å². The second-order valence-corrected chi connectivity index (χ2v) is 9.66. The molecule has 1 atom stereocenters. The number of rotatable bonds is 4. The number of carbonyl (C=O) groups excluding carboxylic acids is 2. The van der Waals surface area contributed by atoms with Crippen LogP contribution in [0.3, 0.4) is 0 Å². The van der Waals surface area contributed by atoms with Gasteiger partial charge in [0.05, 0.1) is 13.0 Å². The maximum absolute atomic E-state index is 13.1. The van der Waals surface area contributed by atoms with Crippen molar-refractivity contribution >= 4 is 11.8 Å². The number of amides is 2. The monoisotopic (exact) mass is 400 g/mol. The van der Waals surface area contributed by atoms with E-state index in [0.717, 1.165) is 57.5 Å². The van der Waals surface area contributed by atoms with Gasteiger partial charge in [0.15, 0.2) is 0 Å². The zero-order valence-corrected chi connectivity index (χ0v) is 18.4. The summed E-state index contributed by atoms with van der Waals surface area (Å²) in [6.07, 6.45) is 4.98. The fraction of sp³-hybridized carbons (Fsp3) is 0.667. The number of likely N-dealkylation sites (tertiary alicyclic amines) is 2. The van der Waals surface area contributed by atoms with E-state index in [2.05, 4.69) is 12.1 Å². The smallest absolute Gasteiger partial charge is 0.227 e. The van der Waals surface area contributed by atoms with Crippen LogP contribution in [0.15, 0.2) is 24.3 Å². The molecule has 2 heterocycles. The van der Waals surface area contributed by atoms with E-state index in [1.807, 2.05) is 42.7 Å². The Bertz CT molecular complexity index is 700. The Morgan fingerprint density at radius 1 is 1.00 bits per heavy atom. The highest BCUT2D eigenvalue weighted by atomic mass is 16.5. The maximum atomic E-state index is 13.1. The third kappa shape index (κ3) is 5.52. The highest BCUT2D eigenvalue weighted by Crippen LogP contribution is 2.27. The molecule has 0 saturated carbocycles. The lowest BCUT2D eigenvalue weighted by Crippen LogP contribution is -2.50. The quantitative estimate of drug-likeness (QED) is 0.773. The van der Waals surface area contributed by atoms with Crippen LogP contribution < -0.4 is 4.74 Å². The van der Waals surface area contributed by atoms with Crippen molar-refractivity contribution in [3.8, 4) is 5.75 Å². The topological polar surface area (TPSA) is 49.9 Å². The predicted molar refractivity (Wildman–Crippen MR) is 115 cm³/mol. The Morgan fingerprint density at radius 2 is 1.66 bits per heavy atom. The number of hydrogen-bond acceptors (Lipinski definition) is 3. The van der Waals surface area contributed by atoms with Crippen molar-refractivity contribution in [2.45, 2.75) is 52.9 Å². The molecule has 0 aliphatic carbocycles. The molecule has 2 aliphatic rings. The number of nitrogens with zero attached hydrogens (tertiary/aromatic N) is 2. The van der Waals surface area contributed by atoms with E-state index >= 15 is 0 Å². The summed E-state index contributed by atoms with van der Waals surface area (Å²) in [5.74, 6) is 1.89. The number of piperidine rings is 2. The summed E-state index contributed by atoms with van der Waals surface area (Å²) in [5, 5.41) is 0. The van der Waals surface area contributed by atoms with Crippen LogP contribution in [0.1, 0.15) is 52.0 Å². The molecule has 2 amide bonds. The molecule has 1 unspecified atom stereocenters. The van der Waals surface area contributed by atoms with Crippen molar-refractivity contribution < 1.29 is 14.3 Å². The van der Waals surface area contributed by atoms with Gasteiger partial charge in [-0.2, -0.15) is 0 Å². The van der Waals surface area contributed by atoms with Crippen LogP contribution in [0.4, 0.5) is 0 Å². The van der Waals surface area contributed by atoms with Crippen LogP contribution in [0.5, 0.6) is 5.75 Å². The zero-order chi connectivity index (χ0) is 21.0. The molecule has 29 heavy (non-hydrogen) atoms. The first-order valence-electron chi connectivity index (χ1n) is 11.0. The Labute approximate surface area is 175 Å². The van der Waals surface area contributed by atoms with Crippen LogP contribution in [0.25, 0.3) is 0 Å². The van der Waals surface area contributed by atoms with Crippen LogP contribution >= 0.6 is 0 Å². The molecule has 5 nitrogen and oxygen atoms in total. The Morgan fingerprint density at radius 3 is 2.24 bits per heavy atom. The molecule has 2 fully saturated rings. The molecule has 160 valence electrons. The van der Waals surface area contributed by atoms with Crippen molar-refractivity contribution in [3.05, 3.63) is 29.8 Å². The van der Waals surface area contributed by atoms with Gasteiger partial charge in [-0.05, 0) is 55.7 Å². The van der Waals surface area contributed by atoms with Gasteiger partial charge in [0.1, 0.15) is 5.75 Å². The Hall–Kier alpha value is -2.04. The van der Waals surface area contributed by atoms with Gasteiger partial charge in [-0.15, -0.1) is 0 Å². The summed E-state index contributed by atoms with van der Waals surface area (Å²) in [6.45, 7) is 8.90. The van der Waals surface area contributed by atoms with Crippen molar-refractivity contribution in [2.75, 3.05) is 33.3 Å². The second kappa shape index (κ2) is 9.19. The number of ether oxygens (including phenoxy) is 1. The van der Waals surface area contributed by atoms with E-state index in [9.17, 15) is 9.59 Å². The lowest BCUT2D eigenvalue weighted by molar-refractivity contribution is -0.145. The number of benzene rings is 1. The van der Waals surface area contributed by atoms with E-state index < -0.39 is 0 Å². The van der Waals surface area contributed by atoms with Crippen molar-refractivity contribution in [2.24, 2.45) is 17.3 Å². The molecular weight excluding hydrogens is 364 g/mol. The fourth-order valence-electron chi connectivity index (χ4n) is 4.55. The molecule has 3 rings (SSSR count). The normalized spacial score (nSPS) is 21.2. The molecule has 0 spiro atoms. The van der Waals surface area contributed by atoms with Gasteiger partial charge >= 0.3 is 0 Å². The first kappa shape index (κ1) is 21.7. The lowest BCUT2D eigenvalue weighted by atomic mass is 9.88. The lowest BCUT2D eigenvalue weighted by Gasteiger charge is -2.39. The molecule has 0 N–H and O–H groups in total. The van der Waals surface area contributed by atoms with E-state index in [4.69, 9.17) is 4.74 Å². The molecule has 5 heteroatoms. The van der Waals surface area contributed by atoms with Gasteiger partial charge in [0, 0.05) is 31.6 Å². The summed E-state index contributed by atoms with van der Waals surface area (Å²) in [5.41, 5.74) is 0.948. The highest BCUT2D eigenvalue weighted by molar-refractivity contribution is 5.84. The summed E-state index contributed by atoms with van der Waals surface area (Å²) >= 11 is 0. The summed E-state index contributed by atoms with van der Waals surface area (Å²) in [6, 6.07) is 8.31. The molecule has 1 aromatic rings. The minimum atomic E-state index is -0.384. The largest absolute Gasteiger partial charge is 0.497 e. The molecule has 0 bridgehead atoms. The first-order valence-corrected chi connectivity index (χ1v) is 11.0. The SMILES string of the molecule is COc1ccc(CC2CCN(C(=O)C3CCCN(C(=O)C(C)(C)C)C3)CC2)cc1. The predicted octanol–water partition coefficient (Wildman–Crippen LogP) is 3.76. The zero-order valence-electron chi connectivity index (χ0n) is 18.4. The molecule has 2 aliphatic heterocycles. The van der Waals surface area contributed by atoms with Crippen molar-refractivity contribution in [1.29, 1.82) is 0 Å². The van der Waals surface area contributed by atoms with Gasteiger partial charge in [-0.1, -0.05) is 32.9 Å². The van der Waals surface area contributed by atoms with Gasteiger partial charge < -0.3 is 14.5 Å². The second-order valence-electron chi connectivity index (χ2n) is 9.66. The highest BCUT2D eigenvalue weighted by Gasteiger charge is 2.35. The third-order valence-corrected chi connectivity index (χ3v) is 6.31. The van der Waals surface area contributed by atoms with Gasteiger partial charge in [0.25, 0.3) is 0 Å². The average molecular weight is 401 g/mol. The van der Waals surface area contributed by atoms with Gasteiger partial charge in [-0.25, -0.2) is 0 Å². The molecule has 0 radical (unpaired) electrons. The van der Waals surface area contributed by atoms with E-state index in [1.165, 1.54) is 5.56 Å². The summed E-state index contributed by atoms with van der Waals surface area (Å²) in [7, 11) is 1.69. The van der Waals surface area contributed by atoms with Crippen molar-refractivity contribution in [1.82, 2.24) is 9.80 Å². The fourth-order valence-corrected chi connectivity index (χ4v) is 4.55. The number of carbonyl (C=O) groups is 2. The van der Waals surface area contributed by atoms with E-state index in [0.29, 0.717) is 12.5 Å². The number of methoxy groups -OCH3 is 1. The first-order chi connectivity index (χ1) is 13.8. The van der Waals surface area contributed by atoms with Gasteiger partial charge in [0.2, 0.25) is 11.8 Å². The Kier molecular flexibility index (Phi) is 6.86. The average Bonchev–Trinajstić information content (AvgIpc) is 2.73. The maximum Gasteiger partial charge on any atom is 0.227 e. The minimum Gasteiger partial charge on any atom is -0.497 e. The Balaban J connectivity index is 1.49. The molecule has 2 saturated heterocycles. The summed E-state index contributed by atoms with van der Waals surface area (Å²) in [4.78, 5) is 29.6. The summed E-state index contributed by atoms with van der Waals surface area (Å²) < 4.78 is 5.23. The van der Waals surface area contributed by atoms with Crippen LogP contribution in [0.2, 0.25) is 0 Å². The minimum absolute atomic E-state index is 0.0341. The molecule has 0 aromatic heterocycles. The standard InChI is InChI=1S/C24H36N2O3/c1-24(2,3)23(28)26-13-5-6-20(17-26)22(27)25-14-11-19(12-15-25)16-18-7-9-21(29-4)10-8-18/h7-10,19-20H,5-6,11-17H2,1-4H3.